The summed E-state index contributed by atoms with van der Waals surface area (Å²) in [6.07, 6.45) is 0. The van der Waals surface area contributed by atoms with Gasteiger partial charge in [-0.05, 0) is 53.1 Å². The fraction of sp³-hybridized carbons (Fsp3) is 0.208. The van der Waals surface area contributed by atoms with Gasteiger partial charge in [0.2, 0.25) is 5.69 Å². The van der Waals surface area contributed by atoms with Crippen LogP contribution >= 0.6 is 23.4 Å². The number of methoxy groups -OCH3 is 1. The summed E-state index contributed by atoms with van der Waals surface area (Å²) in [5.41, 5.74) is 2.38. The Kier molecular flexibility index (Phi) is 6.97. The number of thioether (sulfide) groups is 1. The lowest BCUT2D eigenvalue weighted by molar-refractivity contribution is 0.0515. The molecule has 164 valence electrons. The van der Waals surface area contributed by atoms with Crippen LogP contribution in [0.1, 0.15) is 28.5 Å². The van der Waals surface area contributed by atoms with Crippen molar-refractivity contribution in [2.75, 3.05) is 13.7 Å². The van der Waals surface area contributed by atoms with Crippen molar-refractivity contribution in [3.05, 3.63) is 82.5 Å². The predicted octanol–water partition coefficient (Wildman–Crippen LogP) is 5.61. The van der Waals surface area contributed by atoms with Crippen LogP contribution in [0.25, 0.3) is 10.8 Å². The van der Waals surface area contributed by atoms with Gasteiger partial charge in [0.25, 0.3) is 0 Å². The Morgan fingerprint density at radius 1 is 1.03 bits per heavy atom. The Labute approximate surface area is 195 Å². The van der Waals surface area contributed by atoms with E-state index in [9.17, 15) is 4.79 Å². The van der Waals surface area contributed by atoms with Gasteiger partial charge < -0.3 is 9.47 Å². The van der Waals surface area contributed by atoms with Gasteiger partial charge in [-0.3, -0.25) is 0 Å². The zero-order valence-electron chi connectivity index (χ0n) is 17.7. The van der Waals surface area contributed by atoms with Gasteiger partial charge >= 0.3 is 5.97 Å². The first-order valence-corrected chi connectivity index (χ1v) is 11.5. The van der Waals surface area contributed by atoms with Gasteiger partial charge in [-0.1, -0.05) is 65.0 Å². The molecule has 0 spiro atoms. The highest BCUT2D eigenvalue weighted by molar-refractivity contribution is 7.98. The third-order valence-corrected chi connectivity index (χ3v) is 6.28. The largest absolute Gasteiger partial charge is 0.497 e. The summed E-state index contributed by atoms with van der Waals surface area (Å²) >= 11 is 7.60. The van der Waals surface area contributed by atoms with Gasteiger partial charge in [-0.25, -0.2) is 9.48 Å². The molecule has 4 aromatic rings. The van der Waals surface area contributed by atoms with Crippen LogP contribution in [0.15, 0.2) is 65.7 Å². The zero-order valence-corrected chi connectivity index (χ0v) is 19.3. The molecular weight excluding hydrogens is 446 g/mol. The number of halogens is 1. The maximum absolute atomic E-state index is 12.5. The minimum absolute atomic E-state index is 0.234. The van der Waals surface area contributed by atoms with Gasteiger partial charge in [-0.2, -0.15) is 0 Å². The maximum Gasteiger partial charge on any atom is 0.361 e. The molecule has 0 aliphatic carbocycles. The fourth-order valence-corrected chi connectivity index (χ4v) is 4.46. The van der Waals surface area contributed by atoms with Crippen molar-refractivity contribution in [2.45, 2.75) is 24.2 Å². The molecule has 1 aromatic heterocycles. The van der Waals surface area contributed by atoms with Crippen molar-refractivity contribution >= 4 is 40.1 Å². The molecule has 0 saturated carbocycles. The average molecular weight is 468 g/mol. The molecule has 4 rings (SSSR count). The topological polar surface area (TPSA) is 66.2 Å². The fourth-order valence-electron chi connectivity index (χ4n) is 3.29. The summed E-state index contributed by atoms with van der Waals surface area (Å²) in [7, 11) is 1.63. The molecule has 1 heterocycles. The number of esters is 1. The molecule has 0 atom stereocenters. The highest BCUT2D eigenvalue weighted by Crippen LogP contribution is 2.29. The average Bonchev–Trinajstić information content (AvgIpc) is 3.20. The number of benzene rings is 3. The van der Waals surface area contributed by atoms with Crippen LogP contribution in [0.2, 0.25) is 5.02 Å². The first kappa shape index (κ1) is 22.2. The molecule has 0 fully saturated rings. The van der Waals surface area contributed by atoms with Crippen LogP contribution in [-0.2, 0) is 17.0 Å². The summed E-state index contributed by atoms with van der Waals surface area (Å²) in [6.45, 7) is 2.53. The number of carbonyl (C=O) groups excluding carboxylic acids is 1. The Morgan fingerprint density at radius 3 is 2.50 bits per heavy atom. The van der Waals surface area contributed by atoms with Gasteiger partial charge in [0.1, 0.15) is 10.8 Å². The lowest BCUT2D eigenvalue weighted by Crippen LogP contribution is -2.08. The van der Waals surface area contributed by atoms with E-state index < -0.39 is 5.97 Å². The highest BCUT2D eigenvalue weighted by atomic mass is 35.5. The third kappa shape index (κ3) is 5.06. The van der Waals surface area contributed by atoms with Gasteiger partial charge in [-0.15, -0.1) is 5.10 Å². The second-order valence-corrected chi connectivity index (χ2v) is 8.48. The molecular formula is C24H22ClN3O3S. The quantitative estimate of drug-likeness (QED) is 0.248. The number of ether oxygens (including phenoxy) is 2. The van der Waals surface area contributed by atoms with Crippen molar-refractivity contribution in [3.8, 4) is 5.75 Å². The Balaban J connectivity index is 1.59. The minimum Gasteiger partial charge on any atom is -0.497 e. The normalized spacial score (nSPS) is 11.0. The molecule has 3 aromatic carbocycles. The first-order valence-electron chi connectivity index (χ1n) is 10.1. The molecule has 0 bridgehead atoms. The van der Waals surface area contributed by atoms with E-state index in [0.717, 1.165) is 27.6 Å². The van der Waals surface area contributed by atoms with Crippen LogP contribution in [0, 0.1) is 0 Å². The standard InChI is InChI=1S/C24H22ClN3O3S/c1-3-31-24(29)22-23(28(27-26-22)14-16-5-10-21(30-2)11-6-16)32-15-17-4-7-19-13-20(25)9-8-18(19)12-17/h4-13H,3,14-15H2,1-2H3. The molecule has 0 N–H and O–H groups in total. The van der Waals surface area contributed by atoms with Crippen LogP contribution in [-0.4, -0.2) is 34.7 Å². The molecule has 0 radical (unpaired) electrons. The number of hydrogen-bond acceptors (Lipinski definition) is 6. The molecule has 0 unspecified atom stereocenters. The molecule has 32 heavy (non-hydrogen) atoms. The second-order valence-electron chi connectivity index (χ2n) is 7.08. The number of rotatable bonds is 8. The van der Waals surface area contributed by atoms with Crippen LogP contribution < -0.4 is 4.74 Å². The summed E-state index contributed by atoms with van der Waals surface area (Å²) in [6, 6.07) is 19.8. The lowest BCUT2D eigenvalue weighted by Gasteiger charge is -2.09. The Hall–Kier alpha value is -3.03. The van der Waals surface area contributed by atoms with Gasteiger partial charge in [0.15, 0.2) is 0 Å². The van der Waals surface area contributed by atoms with Crippen LogP contribution in [0.4, 0.5) is 0 Å². The summed E-state index contributed by atoms with van der Waals surface area (Å²) in [5.74, 6) is 0.969. The van der Waals surface area contributed by atoms with Crippen LogP contribution in [0.5, 0.6) is 5.75 Å². The first-order chi connectivity index (χ1) is 15.6. The summed E-state index contributed by atoms with van der Waals surface area (Å²) < 4.78 is 12.1. The van der Waals surface area contributed by atoms with Crippen molar-refractivity contribution in [1.82, 2.24) is 15.0 Å². The number of nitrogens with zero attached hydrogens (tertiary/aromatic N) is 3. The SMILES string of the molecule is CCOC(=O)c1nnn(Cc2ccc(OC)cc2)c1SCc1ccc2cc(Cl)ccc2c1. The minimum atomic E-state index is -0.468. The maximum atomic E-state index is 12.5. The third-order valence-electron chi connectivity index (χ3n) is 4.89. The van der Waals surface area contributed by atoms with Gasteiger partial charge in [0, 0.05) is 10.8 Å². The van der Waals surface area contributed by atoms with Crippen molar-refractivity contribution in [2.24, 2.45) is 0 Å². The molecule has 0 aliphatic rings. The zero-order chi connectivity index (χ0) is 22.5. The van der Waals surface area contributed by atoms with Crippen LogP contribution in [0.3, 0.4) is 0 Å². The van der Waals surface area contributed by atoms with E-state index in [-0.39, 0.29) is 12.3 Å². The van der Waals surface area contributed by atoms with E-state index in [1.54, 1.807) is 18.7 Å². The number of carbonyl (C=O) groups is 1. The molecule has 0 aliphatic heterocycles. The highest BCUT2D eigenvalue weighted by Gasteiger charge is 2.21. The van der Waals surface area contributed by atoms with Crippen molar-refractivity contribution in [3.63, 3.8) is 0 Å². The van der Waals surface area contributed by atoms with E-state index in [0.29, 0.717) is 22.3 Å². The number of hydrogen-bond donors (Lipinski definition) is 0. The second kappa shape index (κ2) is 10.1. The van der Waals surface area contributed by atoms with E-state index in [2.05, 4.69) is 28.5 Å². The smallest absolute Gasteiger partial charge is 0.361 e. The van der Waals surface area contributed by atoms with Gasteiger partial charge in [0.05, 0.1) is 20.3 Å². The predicted molar refractivity (Wildman–Crippen MR) is 127 cm³/mol. The molecule has 0 amide bonds. The van der Waals surface area contributed by atoms with Crippen molar-refractivity contribution < 1.29 is 14.3 Å². The molecule has 0 saturated heterocycles. The monoisotopic (exact) mass is 467 g/mol. The Morgan fingerprint density at radius 2 is 1.75 bits per heavy atom. The van der Waals surface area contributed by atoms with E-state index >= 15 is 0 Å². The number of aromatic nitrogens is 3. The van der Waals surface area contributed by atoms with E-state index in [1.807, 2.05) is 42.5 Å². The Bertz CT molecular complexity index is 1240. The van der Waals surface area contributed by atoms with E-state index in [4.69, 9.17) is 21.1 Å². The number of fused-ring (bicyclic) bond motifs is 1. The lowest BCUT2D eigenvalue weighted by atomic mass is 10.1. The summed E-state index contributed by atoms with van der Waals surface area (Å²) in [5, 5.41) is 11.9. The van der Waals surface area contributed by atoms with Crippen molar-refractivity contribution in [1.29, 1.82) is 0 Å². The molecule has 8 heteroatoms. The molecule has 6 nitrogen and oxygen atoms in total. The summed E-state index contributed by atoms with van der Waals surface area (Å²) in [4.78, 5) is 12.5. The van der Waals surface area contributed by atoms with E-state index in [1.165, 1.54) is 11.8 Å².